The molecule has 1 aliphatic heterocycles. The van der Waals surface area contributed by atoms with Crippen molar-refractivity contribution >= 4 is 22.3 Å². The van der Waals surface area contributed by atoms with Crippen molar-refractivity contribution in [2.45, 2.75) is 19.3 Å². The number of aromatic amines is 1. The van der Waals surface area contributed by atoms with Crippen molar-refractivity contribution in [2.24, 2.45) is 0 Å². The highest BCUT2D eigenvalue weighted by atomic mass is 16.6. The summed E-state index contributed by atoms with van der Waals surface area (Å²) in [4.78, 5) is 27.3. The van der Waals surface area contributed by atoms with E-state index in [4.69, 9.17) is 0 Å². The number of anilines is 1. The smallest absolute Gasteiger partial charge is 0.271 e. The van der Waals surface area contributed by atoms with Crippen molar-refractivity contribution in [2.75, 3.05) is 18.0 Å². The first kappa shape index (κ1) is 12.7. The fourth-order valence-electron chi connectivity index (χ4n) is 2.66. The van der Waals surface area contributed by atoms with Crippen LogP contribution < -0.4 is 10.5 Å². The van der Waals surface area contributed by atoms with Gasteiger partial charge >= 0.3 is 0 Å². The summed E-state index contributed by atoms with van der Waals surface area (Å²) in [6.45, 7) is 1.78. The predicted molar refractivity (Wildman–Crippen MR) is 77.3 cm³/mol. The van der Waals surface area contributed by atoms with Crippen LogP contribution in [0, 0.1) is 10.1 Å². The van der Waals surface area contributed by atoms with Gasteiger partial charge in [-0.25, -0.2) is 0 Å². The molecule has 0 unspecified atom stereocenters. The number of H-pyrrole nitrogens is 1. The second-order valence-corrected chi connectivity index (χ2v) is 5.06. The van der Waals surface area contributed by atoms with Gasteiger partial charge in [-0.05, 0) is 31.4 Å². The van der Waals surface area contributed by atoms with E-state index in [9.17, 15) is 14.9 Å². The molecule has 6 heteroatoms. The van der Waals surface area contributed by atoms with E-state index in [2.05, 4.69) is 9.88 Å². The number of nitrogens with one attached hydrogen (secondary N) is 1. The number of aromatic nitrogens is 1. The van der Waals surface area contributed by atoms with Crippen molar-refractivity contribution < 1.29 is 4.92 Å². The maximum Gasteiger partial charge on any atom is 0.271 e. The van der Waals surface area contributed by atoms with Crippen molar-refractivity contribution in [1.82, 2.24) is 4.98 Å². The zero-order valence-electron chi connectivity index (χ0n) is 11.0. The summed E-state index contributed by atoms with van der Waals surface area (Å²) in [5.41, 5.74) is 0.967. The van der Waals surface area contributed by atoms with Crippen molar-refractivity contribution in [1.29, 1.82) is 0 Å². The van der Waals surface area contributed by atoms with Crippen molar-refractivity contribution in [3.63, 3.8) is 0 Å². The molecule has 104 valence electrons. The van der Waals surface area contributed by atoms with Gasteiger partial charge in [-0.2, -0.15) is 0 Å². The molecule has 3 rings (SSSR count). The molecule has 0 amide bonds. The van der Waals surface area contributed by atoms with Crippen molar-refractivity contribution in [3.8, 4) is 0 Å². The molecule has 20 heavy (non-hydrogen) atoms. The predicted octanol–water partition coefficient (Wildman–Crippen LogP) is 2.43. The summed E-state index contributed by atoms with van der Waals surface area (Å²) in [6, 6.07) is 6.36. The van der Waals surface area contributed by atoms with Gasteiger partial charge in [0.2, 0.25) is 0 Å². The van der Waals surface area contributed by atoms with E-state index < -0.39 is 4.92 Å². The number of nitro groups is 1. The van der Waals surface area contributed by atoms with E-state index in [0.717, 1.165) is 31.3 Å². The Balaban J connectivity index is 2.07. The van der Waals surface area contributed by atoms with E-state index in [1.54, 1.807) is 6.07 Å². The van der Waals surface area contributed by atoms with Gasteiger partial charge in [0.15, 0.2) is 0 Å². The Morgan fingerprint density at radius 3 is 2.60 bits per heavy atom. The lowest BCUT2D eigenvalue weighted by Crippen LogP contribution is -2.33. The number of piperidine rings is 1. The van der Waals surface area contributed by atoms with Crippen LogP contribution in [0.25, 0.3) is 10.9 Å². The van der Waals surface area contributed by atoms with E-state index in [1.165, 1.54) is 18.6 Å². The molecule has 0 spiro atoms. The minimum atomic E-state index is -0.462. The number of hydrogen-bond donors (Lipinski definition) is 1. The van der Waals surface area contributed by atoms with Crippen LogP contribution in [0.5, 0.6) is 0 Å². The summed E-state index contributed by atoms with van der Waals surface area (Å²) in [5.74, 6) is 0. The lowest BCUT2D eigenvalue weighted by atomic mass is 10.1. The molecule has 0 saturated carbocycles. The zero-order chi connectivity index (χ0) is 14.1. The fraction of sp³-hybridized carbons (Fsp3) is 0.357. The summed E-state index contributed by atoms with van der Waals surface area (Å²) in [7, 11) is 0. The van der Waals surface area contributed by atoms with Gasteiger partial charge in [-0.3, -0.25) is 14.9 Å². The third-order valence-electron chi connectivity index (χ3n) is 3.72. The Kier molecular flexibility index (Phi) is 3.14. The number of fused-ring (bicyclic) bond motifs is 1. The molecule has 0 bridgehead atoms. The molecular formula is C14H15N3O3. The monoisotopic (exact) mass is 273 g/mol. The SMILES string of the molecule is O=c1[nH]c2cc([N+](=O)[O-])ccc2cc1N1CCCCC1. The Hall–Kier alpha value is -2.37. The number of rotatable bonds is 2. The van der Waals surface area contributed by atoms with Crippen LogP contribution in [-0.2, 0) is 0 Å². The first-order chi connectivity index (χ1) is 9.65. The molecule has 0 aliphatic carbocycles. The highest BCUT2D eigenvalue weighted by Gasteiger charge is 2.15. The van der Waals surface area contributed by atoms with Crippen LogP contribution in [0.3, 0.4) is 0 Å². The Morgan fingerprint density at radius 1 is 1.15 bits per heavy atom. The number of nitrogens with zero attached hydrogens (tertiary/aromatic N) is 2. The lowest BCUT2D eigenvalue weighted by molar-refractivity contribution is -0.384. The molecule has 1 aromatic heterocycles. The van der Waals surface area contributed by atoms with Crippen LogP contribution in [-0.4, -0.2) is 23.0 Å². The average Bonchev–Trinajstić information content (AvgIpc) is 2.46. The highest BCUT2D eigenvalue weighted by molar-refractivity contribution is 5.83. The zero-order valence-corrected chi connectivity index (χ0v) is 11.0. The first-order valence-corrected chi connectivity index (χ1v) is 6.71. The molecule has 1 aliphatic rings. The third-order valence-corrected chi connectivity index (χ3v) is 3.72. The van der Waals surface area contributed by atoms with E-state index >= 15 is 0 Å². The molecule has 6 nitrogen and oxygen atoms in total. The molecule has 2 aromatic rings. The molecule has 1 saturated heterocycles. The Labute approximate surface area is 115 Å². The average molecular weight is 273 g/mol. The molecule has 1 fully saturated rings. The topological polar surface area (TPSA) is 79.2 Å². The second-order valence-electron chi connectivity index (χ2n) is 5.06. The standard InChI is InChI=1S/C14H15N3O3/c18-14-13(16-6-2-1-3-7-16)8-10-4-5-11(17(19)20)9-12(10)15-14/h4-5,8-9H,1-3,6-7H2,(H,15,18). The summed E-state index contributed by atoms with van der Waals surface area (Å²) in [5, 5.41) is 11.6. The van der Waals surface area contributed by atoms with Gasteiger partial charge in [-0.1, -0.05) is 0 Å². The van der Waals surface area contributed by atoms with Gasteiger partial charge in [0.1, 0.15) is 5.69 Å². The number of hydrogen-bond acceptors (Lipinski definition) is 4. The van der Waals surface area contributed by atoms with Crippen LogP contribution >= 0.6 is 0 Å². The minimum Gasteiger partial charge on any atom is -0.367 e. The highest BCUT2D eigenvalue weighted by Crippen LogP contribution is 2.22. The Bertz CT molecular complexity index is 717. The first-order valence-electron chi connectivity index (χ1n) is 6.71. The van der Waals surface area contributed by atoms with Gasteiger partial charge in [0.05, 0.1) is 10.4 Å². The quantitative estimate of drug-likeness (QED) is 0.673. The van der Waals surface area contributed by atoms with Crippen LogP contribution in [0.4, 0.5) is 11.4 Å². The summed E-state index contributed by atoms with van der Waals surface area (Å²) >= 11 is 0. The second kappa shape index (κ2) is 4.96. The van der Waals surface area contributed by atoms with E-state index in [0.29, 0.717) is 11.2 Å². The molecule has 2 heterocycles. The number of nitro benzene ring substituents is 1. The Morgan fingerprint density at radius 2 is 1.90 bits per heavy atom. The maximum atomic E-state index is 12.1. The van der Waals surface area contributed by atoms with Gasteiger partial charge in [0.25, 0.3) is 11.2 Å². The third kappa shape index (κ3) is 2.24. The molecule has 0 radical (unpaired) electrons. The van der Waals surface area contributed by atoms with Gasteiger partial charge < -0.3 is 9.88 Å². The molecule has 1 N–H and O–H groups in total. The number of non-ortho nitro benzene ring substituents is 1. The minimum absolute atomic E-state index is 0.0149. The normalized spacial score (nSPS) is 15.5. The lowest BCUT2D eigenvalue weighted by Gasteiger charge is -2.28. The van der Waals surface area contributed by atoms with Crippen LogP contribution in [0.15, 0.2) is 29.1 Å². The van der Waals surface area contributed by atoms with Crippen LogP contribution in [0.2, 0.25) is 0 Å². The summed E-state index contributed by atoms with van der Waals surface area (Å²) in [6.07, 6.45) is 3.39. The fourth-order valence-corrected chi connectivity index (χ4v) is 2.66. The molecular weight excluding hydrogens is 258 g/mol. The molecule has 0 atom stereocenters. The van der Waals surface area contributed by atoms with Crippen LogP contribution in [0.1, 0.15) is 19.3 Å². The van der Waals surface area contributed by atoms with E-state index in [1.807, 2.05) is 6.07 Å². The van der Waals surface area contributed by atoms with E-state index in [-0.39, 0.29) is 11.2 Å². The molecule has 1 aromatic carbocycles. The largest absolute Gasteiger partial charge is 0.367 e. The summed E-state index contributed by atoms with van der Waals surface area (Å²) < 4.78 is 0. The van der Waals surface area contributed by atoms with Gasteiger partial charge in [-0.15, -0.1) is 0 Å². The number of benzene rings is 1. The van der Waals surface area contributed by atoms with Gasteiger partial charge in [0, 0.05) is 30.6 Å². The number of pyridine rings is 1. The van der Waals surface area contributed by atoms with Crippen molar-refractivity contribution in [3.05, 3.63) is 44.7 Å². The maximum absolute atomic E-state index is 12.1.